The Bertz CT molecular complexity index is 2730. The molecule has 2 heterocycles. The molecule has 504 valence electrons. The Hall–Kier alpha value is -6.75. The molecule has 21 nitrogen and oxygen atoms in total. The number of nitrogens with zero attached hydrogens (tertiary/aromatic N) is 4. The topological polar surface area (TPSA) is 251 Å². The SMILES string of the molecule is CC(C)C[C@@H](C(=O)O[C@H](C)C(=O)N(C)[C@@H](CC(C)(C)F)C(=O)O[C@H](Cc1ccc(C2CCOCC2)cc1)C(=O)N(C)[C@@H](CC(C)C)C(=O)O[C@H](C)C(=O)O)N(C)C(=O)[C@@H](Cc1ccc(C2CCOCC2)cc1)OC(=O)[C@H](CC(C)(C)F)N(C)C(=O)OC(C)(C)C. The fourth-order valence-electron chi connectivity index (χ4n) is 10.8. The van der Waals surface area contributed by atoms with Crippen molar-refractivity contribution in [1.82, 2.24) is 19.6 Å². The van der Waals surface area contributed by atoms with Gasteiger partial charge >= 0.3 is 35.9 Å². The molecule has 23 heteroatoms. The summed E-state index contributed by atoms with van der Waals surface area (Å²) in [6, 6.07) is 8.64. The molecular weight excluding hydrogens is 1170 g/mol. The first-order chi connectivity index (χ1) is 41.8. The van der Waals surface area contributed by atoms with E-state index >= 15 is 13.6 Å². The van der Waals surface area contributed by atoms with Gasteiger partial charge in [0.1, 0.15) is 41.1 Å². The zero-order chi connectivity index (χ0) is 67.7. The van der Waals surface area contributed by atoms with E-state index in [1.54, 1.807) is 72.7 Å². The monoisotopic (exact) mass is 1270 g/mol. The second-order valence-corrected chi connectivity index (χ2v) is 27.1. The quantitative estimate of drug-likeness (QED) is 0.0565. The minimum atomic E-state index is -2.16. The Balaban J connectivity index is 1.69. The van der Waals surface area contributed by atoms with Gasteiger partial charge in [-0.2, -0.15) is 0 Å². The number of carbonyl (C=O) groups is 9. The average Bonchev–Trinajstić information content (AvgIpc) is 1.61. The molecule has 1 N–H and O–H groups in total. The van der Waals surface area contributed by atoms with Crippen LogP contribution in [0.15, 0.2) is 48.5 Å². The lowest BCUT2D eigenvalue weighted by atomic mass is 9.90. The first kappa shape index (κ1) is 75.7. The highest BCUT2D eigenvalue weighted by atomic mass is 19.1. The second kappa shape index (κ2) is 33.5. The van der Waals surface area contributed by atoms with E-state index in [9.17, 15) is 43.5 Å². The molecule has 0 aromatic heterocycles. The molecule has 0 spiro atoms. The summed E-state index contributed by atoms with van der Waals surface area (Å²) in [5.74, 6) is -8.68. The number of carbonyl (C=O) groups excluding carboxylic acids is 8. The van der Waals surface area contributed by atoms with Crippen molar-refractivity contribution in [2.24, 2.45) is 11.8 Å². The summed E-state index contributed by atoms with van der Waals surface area (Å²) in [5, 5.41) is 9.54. The fourth-order valence-corrected chi connectivity index (χ4v) is 10.8. The summed E-state index contributed by atoms with van der Waals surface area (Å²) in [6.45, 7) is 21.6. The summed E-state index contributed by atoms with van der Waals surface area (Å²) in [5.41, 5.74) is -2.00. The zero-order valence-corrected chi connectivity index (χ0v) is 56.0. The molecule has 2 aromatic rings. The molecule has 0 bridgehead atoms. The maximum atomic E-state index is 16.0. The predicted octanol–water partition coefficient (Wildman–Crippen LogP) is 9.12. The van der Waals surface area contributed by atoms with Gasteiger partial charge in [-0.25, -0.2) is 37.5 Å². The van der Waals surface area contributed by atoms with E-state index in [1.165, 1.54) is 62.8 Å². The Morgan fingerprint density at radius 3 is 1.13 bits per heavy atom. The number of alkyl halides is 2. The lowest BCUT2D eigenvalue weighted by Gasteiger charge is -2.35. The van der Waals surface area contributed by atoms with Crippen LogP contribution in [0.25, 0.3) is 0 Å². The Labute approximate surface area is 530 Å². The van der Waals surface area contributed by atoms with Crippen molar-refractivity contribution in [3.8, 4) is 0 Å². The maximum absolute atomic E-state index is 16.0. The number of likely N-dealkylation sites (N-methyl/N-ethyl adjacent to an activating group) is 4. The standard InChI is InChI=1S/C67H100F2N4O17/c1-40(2)34-50(70(14)58(76)55(37-45-20-24-47(25-21-45)49-28-32-85-33-29-49)89-63(82)53(39-67(12,13)69)73(17)64(83)90-65(7,8)9)60(79)86-42(5)56(74)72(16)52(38-66(10,11)68)62(81)88-54(36-44-18-22-46(23-19-44)48-26-30-84-31-27-48)57(75)71(15)51(35-41(3)4)61(80)87-43(6)59(77)78/h18-25,40-43,48-55H,26-39H2,1-17H3,(H,77,78)/t42-,43-,50+,51+,52+,53+,54-,55-/m1/s1. The van der Waals surface area contributed by atoms with Gasteiger partial charge in [-0.05, 0) is 147 Å². The number of ether oxygens (including phenoxy) is 7. The van der Waals surface area contributed by atoms with Crippen LogP contribution in [-0.2, 0) is 84.4 Å². The molecule has 0 aliphatic carbocycles. The Morgan fingerprint density at radius 2 is 0.811 bits per heavy atom. The largest absolute Gasteiger partial charge is 0.479 e. The highest BCUT2D eigenvalue weighted by molar-refractivity contribution is 5.93. The van der Waals surface area contributed by atoms with Crippen molar-refractivity contribution in [3.05, 3.63) is 70.8 Å². The first-order valence-corrected chi connectivity index (χ1v) is 31.3. The van der Waals surface area contributed by atoms with Crippen molar-refractivity contribution >= 4 is 53.7 Å². The van der Waals surface area contributed by atoms with Gasteiger partial charge in [0, 0.05) is 80.3 Å². The molecule has 0 saturated carbocycles. The number of carboxylic acids is 1. The Morgan fingerprint density at radius 1 is 0.489 bits per heavy atom. The van der Waals surface area contributed by atoms with Crippen molar-refractivity contribution in [3.63, 3.8) is 0 Å². The van der Waals surface area contributed by atoms with Crippen LogP contribution in [0.5, 0.6) is 0 Å². The number of halogens is 2. The molecule has 2 aromatic carbocycles. The number of rotatable bonds is 30. The molecule has 0 unspecified atom stereocenters. The summed E-state index contributed by atoms with van der Waals surface area (Å²) in [7, 11) is 5.03. The highest BCUT2D eigenvalue weighted by Crippen LogP contribution is 2.31. The van der Waals surface area contributed by atoms with Crippen LogP contribution in [0.3, 0.4) is 0 Å². The molecule has 2 aliphatic heterocycles. The summed E-state index contributed by atoms with van der Waals surface area (Å²) < 4.78 is 71.2. The molecular formula is C67H100F2N4O17. The van der Waals surface area contributed by atoms with E-state index in [2.05, 4.69) is 0 Å². The Kier molecular flexibility index (Phi) is 28.2. The second-order valence-electron chi connectivity index (χ2n) is 27.1. The van der Waals surface area contributed by atoms with Gasteiger partial charge in [0.2, 0.25) is 0 Å². The number of amides is 4. The number of carboxylic acid groups (broad SMARTS) is 1. The summed E-state index contributed by atoms with van der Waals surface area (Å²) in [4.78, 5) is 131. The molecule has 8 atom stereocenters. The number of hydrogen-bond acceptors (Lipinski definition) is 16. The van der Waals surface area contributed by atoms with Gasteiger partial charge in [-0.1, -0.05) is 76.2 Å². The number of benzene rings is 2. The van der Waals surface area contributed by atoms with E-state index in [0.717, 1.165) is 63.3 Å². The van der Waals surface area contributed by atoms with Crippen molar-refractivity contribution in [2.45, 2.75) is 232 Å². The molecule has 2 aliphatic rings. The van der Waals surface area contributed by atoms with Gasteiger partial charge < -0.3 is 53.0 Å². The minimum Gasteiger partial charge on any atom is -0.479 e. The highest BCUT2D eigenvalue weighted by Gasteiger charge is 2.44. The predicted molar refractivity (Wildman–Crippen MR) is 330 cm³/mol. The average molecular weight is 1270 g/mol. The van der Waals surface area contributed by atoms with Gasteiger partial charge in [0.05, 0.1) is 0 Å². The molecule has 0 radical (unpaired) electrons. The molecule has 4 amide bonds. The van der Waals surface area contributed by atoms with Crippen LogP contribution in [0.2, 0.25) is 0 Å². The smallest absolute Gasteiger partial charge is 0.410 e. The van der Waals surface area contributed by atoms with Crippen LogP contribution in [-0.4, -0.2) is 199 Å². The van der Waals surface area contributed by atoms with E-state index in [-0.39, 0.29) is 49.4 Å². The third kappa shape index (κ3) is 23.8. The van der Waals surface area contributed by atoms with Gasteiger partial charge in [0.25, 0.3) is 17.7 Å². The number of hydrogen-bond donors (Lipinski definition) is 1. The van der Waals surface area contributed by atoms with Crippen molar-refractivity contribution in [1.29, 1.82) is 0 Å². The molecule has 90 heavy (non-hydrogen) atoms. The van der Waals surface area contributed by atoms with Crippen LogP contribution in [0, 0.1) is 11.8 Å². The normalized spacial score (nSPS) is 17.1. The molecule has 4 rings (SSSR count). The van der Waals surface area contributed by atoms with Gasteiger partial charge in [-0.3, -0.25) is 19.3 Å². The fraction of sp³-hybridized carbons (Fsp3) is 0.687. The summed E-state index contributed by atoms with van der Waals surface area (Å²) in [6.07, 6.45) is -6.05. The summed E-state index contributed by atoms with van der Waals surface area (Å²) >= 11 is 0. The van der Waals surface area contributed by atoms with Crippen LogP contribution >= 0.6 is 0 Å². The molecule has 2 fully saturated rings. The van der Waals surface area contributed by atoms with Crippen molar-refractivity contribution in [2.75, 3.05) is 54.6 Å². The van der Waals surface area contributed by atoms with E-state index < -0.39 is 132 Å². The maximum Gasteiger partial charge on any atom is 0.410 e. The number of esters is 4. The minimum absolute atomic E-state index is 0.0258. The zero-order valence-electron chi connectivity index (χ0n) is 56.0. The van der Waals surface area contributed by atoms with Gasteiger partial charge in [0.15, 0.2) is 24.4 Å². The van der Waals surface area contributed by atoms with Crippen LogP contribution in [0.4, 0.5) is 13.6 Å². The van der Waals surface area contributed by atoms with E-state index in [1.807, 2.05) is 24.3 Å². The van der Waals surface area contributed by atoms with Gasteiger partial charge in [-0.15, -0.1) is 0 Å². The van der Waals surface area contributed by atoms with Crippen LogP contribution < -0.4 is 0 Å². The molecule has 2 saturated heterocycles. The lowest BCUT2D eigenvalue weighted by Crippen LogP contribution is -2.54. The lowest BCUT2D eigenvalue weighted by molar-refractivity contribution is -0.175. The van der Waals surface area contributed by atoms with E-state index in [4.69, 9.17) is 33.2 Å². The number of aliphatic carboxylic acids is 1. The van der Waals surface area contributed by atoms with E-state index in [0.29, 0.717) is 37.6 Å². The third-order valence-corrected chi connectivity index (χ3v) is 16.0. The van der Waals surface area contributed by atoms with Crippen LogP contribution in [0.1, 0.15) is 175 Å². The third-order valence-electron chi connectivity index (χ3n) is 16.0. The first-order valence-electron chi connectivity index (χ1n) is 31.3. The van der Waals surface area contributed by atoms with Crippen molar-refractivity contribution < 1.29 is 90.2 Å².